The van der Waals surface area contributed by atoms with Crippen LogP contribution in [0, 0.1) is 0 Å². The minimum absolute atomic E-state index is 0.177. The summed E-state index contributed by atoms with van der Waals surface area (Å²) in [5.41, 5.74) is 2.13. The lowest BCUT2D eigenvalue weighted by molar-refractivity contribution is -0.274. The summed E-state index contributed by atoms with van der Waals surface area (Å²) in [6, 6.07) is 16.0. The van der Waals surface area contributed by atoms with Crippen LogP contribution in [0.1, 0.15) is 30.4 Å². The SMILES string of the molecule is CC[C@@H](c1ccccc1)c1ccc(OC(F)(F)F)cc1. The van der Waals surface area contributed by atoms with Crippen molar-refractivity contribution in [3.8, 4) is 5.75 Å². The molecule has 0 aliphatic carbocycles. The summed E-state index contributed by atoms with van der Waals surface area (Å²) in [4.78, 5) is 0. The van der Waals surface area contributed by atoms with E-state index in [0.29, 0.717) is 0 Å². The van der Waals surface area contributed by atoms with Gasteiger partial charge in [-0.3, -0.25) is 0 Å². The number of hydrogen-bond donors (Lipinski definition) is 0. The zero-order valence-corrected chi connectivity index (χ0v) is 11.0. The Morgan fingerprint density at radius 2 is 1.45 bits per heavy atom. The van der Waals surface area contributed by atoms with Gasteiger partial charge in [0.25, 0.3) is 0 Å². The zero-order chi connectivity index (χ0) is 14.6. The van der Waals surface area contributed by atoms with Crippen LogP contribution in [0.3, 0.4) is 0 Å². The first kappa shape index (κ1) is 14.4. The third-order valence-electron chi connectivity index (χ3n) is 3.13. The molecule has 0 spiro atoms. The minimum atomic E-state index is -4.65. The highest BCUT2D eigenvalue weighted by atomic mass is 19.4. The molecule has 0 aromatic heterocycles. The van der Waals surface area contributed by atoms with Gasteiger partial charge < -0.3 is 4.74 Å². The lowest BCUT2D eigenvalue weighted by Gasteiger charge is -2.16. The molecule has 106 valence electrons. The molecule has 0 fully saturated rings. The van der Waals surface area contributed by atoms with Gasteiger partial charge in [-0.05, 0) is 29.7 Å². The van der Waals surface area contributed by atoms with E-state index in [1.54, 1.807) is 12.1 Å². The van der Waals surface area contributed by atoms with Gasteiger partial charge in [0.1, 0.15) is 5.75 Å². The summed E-state index contributed by atoms with van der Waals surface area (Å²) in [6.07, 6.45) is -3.77. The Morgan fingerprint density at radius 3 is 1.95 bits per heavy atom. The molecule has 20 heavy (non-hydrogen) atoms. The molecule has 0 heterocycles. The highest BCUT2D eigenvalue weighted by molar-refractivity contribution is 5.35. The Hall–Kier alpha value is -1.97. The smallest absolute Gasteiger partial charge is 0.406 e. The fraction of sp³-hybridized carbons (Fsp3) is 0.250. The van der Waals surface area contributed by atoms with Crippen molar-refractivity contribution in [2.45, 2.75) is 25.6 Å². The van der Waals surface area contributed by atoms with Crippen molar-refractivity contribution in [2.24, 2.45) is 0 Å². The van der Waals surface area contributed by atoms with Crippen LogP contribution >= 0.6 is 0 Å². The summed E-state index contributed by atoms with van der Waals surface area (Å²) in [6.45, 7) is 2.05. The molecule has 0 unspecified atom stereocenters. The quantitative estimate of drug-likeness (QED) is 0.754. The molecule has 0 amide bonds. The van der Waals surface area contributed by atoms with Gasteiger partial charge in [0, 0.05) is 5.92 Å². The maximum Gasteiger partial charge on any atom is 0.573 e. The predicted octanol–water partition coefficient (Wildman–Crippen LogP) is 5.13. The maximum absolute atomic E-state index is 12.1. The largest absolute Gasteiger partial charge is 0.573 e. The zero-order valence-electron chi connectivity index (χ0n) is 11.0. The van der Waals surface area contributed by atoms with Gasteiger partial charge in [0.05, 0.1) is 0 Å². The number of rotatable bonds is 4. The second-order valence-corrected chi connectivity index (χ2v) is 4.49. The van der Waals surface area contributed by atoms with Crippen molar-refractivity contribution in [2.75, 3.05) is 0 Å². The van der Waals surface area contributed by atoms with Crippen LogP contribution < -0.4 is 4.74 Å². The Morgan fingerprint density at radius 1 is 0.900 bits per heavy atom. The normalized spacial score (nSPS) is 13.0. The third kappa shape index (κ3) is 3.76. The molecule has 2 rings (SSSR count). The van der Waals surface area contributed by atoms with Crippen LogP contribution in [0.15, 0.2) is 54.6 Å². The summed E-state index contributed by atoms with van der Waals surface area (Å²) in [7, 11) is 0. The first-order chi connectivity index (χ1) is 9.49. The molecule has 0 N–H and O–H groups in total. The third-order valence-corrected chi connectivity index (χ3v) is 3.13. The molecule has 0 saturated carbocycles. The van der Waals surface area contributed by atoms with E-state index in [2.05, 4.69) is 11.7 Å². The van der Waals surface area contributed by atoms with Crippen molar-refractivity contribution in [1.82, 2.24) is 0 Å². The average Bonchev–Trinajstić information content (AvgIpc) is 2.41. The lowest BCUT2D eigenvalue weighted by atomic mass is 9.89. The number of alkyl halides is 3. The van der Waals surface area contributed by atoms with E-state index >= 15 is 0 Å². The molecule has 1 nitrogen and oxygen atoms in total. The predicted molar refractivity (Wildman–Crippen MR) is 71.7 cm³/mol. The van der Waals surface area contributed by atoms with Crippen molar-refractivity contribution >= 4 is 0 Å². The van der Waals surface area contributed by atoms with E-state index in [0.717, 1.165) is 17.5 Å². The van der Waals surface area contributed by atoms with Crippen molar-refractivity contribution in [3.63, 3.8) is 0 Å². The number of hydrogen-bond acceptors (Lipinski definition) is 1. The fourth-order valence-corrected chi connectivity index (χ4v) is 2.25. The van der Waals surface area contributed by atoms with Crippen LogP contribution in [-0.4, -0.2) is 6.36 Å². The molecule has 0 aliphatic rings. The van der Waals surface area contributed by atoms with E-state index in [9.17, 15) is 13.2 Å². The summed E-state index contributed by atoms with van der Waals surface area (Å²) < 4.78 is 40.2. The van der Waals surface area contributed by atoms with Gasteiger partial charge in [0.15, 0.2) is 0 Å². The van der Waals surface area contributed by atoms with Crippen LogP contribution in [0.4, 0.5) is 13.2 Å². The van der Waals surface area contributed by atoms with Gasteiger partial charge in [-0.15, -0.1) is 13.2 Å². The Kier molecular flexibility index (Phi) is 4.32. The Balaban J connectivity index is 2.20. The Bertz CT molecular complexity index is 532. The average molecular weight is 280 g/mol. The van der Waals surface area contributed by atoms with Gasteiger partial charge in [-0.1, -0.05) is 49.4 Å². The van der Waals surface area contributed by atoms with E-state index in [-0.39, 0.29) is 11.7 Å². The molecule has 0 aliphatic heterocycles. The van der Waals surface area contributed by atoms with E-state index in [4.69, 9.17) is 0 Å². The maximum atomic E-state index is 12.1. The first-order valence-corrected chi connectivity index (χ1v) is 6.40. The van der Waals surface area contributed by atoms with E-state index in [1.807, 2.05) is 30.3 Å². The Labute approximate surface area is 116 Å². The van der Waals surface area contributed by atoms with Gasteiger partial charge >= 0.3 is 6.36 Å². The van der Waals surface area contributed by atoms with E-state index < -0.39 is 6.36 Å². The van der Waals surface area contributed by atoms with Gasteiger partial charge in [-0.2, -0.15) is 0 Å². The van der Waals surface area contributed by atoms with Crippen LogP contribution in [0.25, 0.3) is 0 Å². The second kappa shape index (κ2) is 5.99. The fourth-order valence-electron chi connectivity index (χ4n) is 2.25. The number of benzene rings is 2. The van der Waals surface area contributed by atoms with Crippen molar-refractivity contribution < 1.29 is 17.9 Å². The molecule has 4 heteroatoms. The molecule has 2 aromatic carbocycles. The minimum Gasteiger partial charge on any atom is -0.406 e. The van der Waals surface area contributed by atoms with Crippen molar-refractivity contribution in [3.05, 3.63) is 65.7 Å². The van der Waals surface area contributed by atoms with Crippen molar-refractivity contribution in [1.29, 1.82) is 0 Å². The molecule has 2 aromatic rings. The molecule has 0 radical (unpaired) electrons. The molecular formula is C16H15F3O. The topological polar surface area (TPSA) is 9.23 Å². The standard InChI is InChI=1S/C16H15F3O/c1-2-15(12-6-4-3-5-7-12)13-8-10-14(11-9-13)20-16(17,18)19/h3-11,15H,2H2,1H3/t15-/m0/s1. The number of halogens is 3. The highest BCUT2D eigenvalue weighted by Crippen LogP contribution is 2.30. The first-order valence-electron chi connectivity index (χ1n) is 6.40. The monoisotopic (exact) mass is 280 g/mol. The summed E-state index contributed by atoms with van der Waals surface area (Å²) >= 11 is 0. The second-order valence-electron chi connectivity index (χ2n) is 4.49. The number of ether oxygens (including phenoxy) is 1. The van der Waals surface area contributed by atoms with Crippen LogP contribution in [-0.2, 0) is 0 Å². The molecule has 0 bridgehead atoms. The molecular weight excluding hydrogens is 265 g/mol. The van der Waals surface area contributed by atoms with Crippen LogP contribution in [0.5, 0.6) is 5.75 Å². The molecule has 1 atom stereocenters. The van der Waals surface area contributed by atoms with Gasteiger partial charge in [-0.25, -0.2) is 0 Å². The van der Waals surface area contributed by atoms with E-state index in [1.165, 1.54) is 12.1 Å². The highest BCUT2D eigenvalue weighted by Gasteiger charge is 2.31. The summed E-state index contributed by atoms with van der Waals surface area (Å²) in [5, 5.41) is 0. The van der Waals surface area contributed by atoms with Crippen LogP contribution in [0.2, 0.25) is 0 Å². The molecule has 0 saturated heterocycles. The lowest BCUT2D eigenvalue weighted by Crippen LogP contribution is -2.17. The van der Waals surface area contributed by atoms with Gasteiger partial charge in [0.2, 0.25) is 0 Å². The summed E-state index contributed by atoms with van der Waals surface area (Å²) in [5.74, 6) is -0.0136.